The van der Waals surface area contributed by atoms with Gasteiger partial charge in [-0.3, -0.25) is 4.98 Å². The molecule has 0 bridgehead atoms. The molecule has 2 aromatic heterocycles. The number of carboxylic acid groups (broad SMARTS) is 1. The summed E-state index contributed by atoms with van der Waals surface area (Å²) in [6.45, 7) is 2.64. The molecule has 0 aliphatic heterocycles. The second-order valence-corrected chi connectivity index (χ2v) is 7.11. The average Bonchev–Trinajstić information content (AvgIpc) is 3.05. The Morgan fingerprint density at radius 3 is 2.75 bits per heavy atom. The topological polar surface area (TPSA) is 92.0 Å². The molecule has 0 unspecified atom stereocenters. The summed E-state index contributed by atoms with van der Waals surface area (Å²) >= 11 is 0. The van der Waals surface area contributed by atoms with Crippen LogP contribution in [-0.2, 0) is 6.42 Å². The highest BCUT2D eigenvalue weighted by atomic mass is 16.4. The summed E-state index contributed by atoms with van der Waals surface area (Å²) in [4.78, 5) is 19.6. The molecule has 5 nitrogen and oxygen atoms in total. The zero-order valence-electron chi connectivity index (χ0n) is 15.8. The monoisotopic (exact) mass is 373 g/mol. The molecule has 0 aliphatic rings. The van der Waals surface area contributed by atoms with E-state index in [1.165, 1.54) is 0 Å². The minimum absolute atomic E-state index is 0.299. The predicted octanol–water partition coefficient (Wildman–Crippen LogP) is 4.67. The van der Waals surface area contributed by atoms with Crippen LogP contribution < -0.4 is 5.73 Å². The lowest BCUT2D eigenvalue weighted by Gasteiger charge is -2.09. The van der Waals surface area contributed by atoms with Crippen molar-refractivity contribution in [2.45, 2.75) is 26.2 Å². The number of nitrogens with one attached hydrogen (secondary N) is 1. The Balaban J connectivity index is 1.95. The molecule has 0 saturated carbocycles. The van der Waals surface area contributed by atoms with E-state index in [0.717, 1.165) is 63.6 Å². The van der Waals surface area contributed by atoms with Gasteiger partial charge < -0.3 is 15.8 Å². The molecule has 5 heteroatoms. The number of benzene rings is 2. The number of hydrogen-bond acceptors (Lipinski definition) is 3. The molecule has 28 heavy (non-hydrogen) atoms. The van der Waals surface area contributed by atoms with E-state index in [2.05, 4.69) is 22.1 Å². The number of rotatable bonds is 6. The summed E-state index contributed by atoms with van der Waals surface area (Å²) in [5, 5.41) is 11.4. The summed E-state index contributed by atoms with van der Waals surface area (Å²) in [5.74, 6) is -0.914. The second-order valence-electron chi connectivity index (χ2n) is 7.11. The van der Waals surface area contributed by atoms with Crippen LogP contribution in [0, 0.1) is 6.92 Å². The van der Waals surface area contributed by atoms with Gasteiger partial charge in [0.2, 0.25) is 0 Å². The van der Waals surface area contributed by atoms with Crippen molar-refractivity contribution in [1.29, 1.82) is 0 Å². The molecular formula is C23H23N3O2. The lowest BCUT2D eigenvalue weighted by molar-refractivity contribution is 0.0697. The molecule has 0 atom stereocenters. The Hall–Kier alpha value is -3.18. The van der Waals surface area contributed by atoms with E-state index in [9.17, 15) is 9.90 Å². The number of aromatic nitrogens is 2. The first kappa shape index (κ1) is 18.2. The van der Waals surface area contributed by atoms with E-state index < -0.39 is 5.97 Å². The predicted molar refractivity (Wildman–Crippen MR) is 113 cm³/mol. The number of unbranched alkanes of at least 4 members (excludes halogenated alkanes) is 1. The number of carboxylic acids is 1. The van der Waals surface area contributed by atoms with E-state index in [-0.39, 0.29) is 0 Å². The van der Waals surface area contributed by atoms with Crippen LogP contribution in [0.4, 0.5) is 0 Å². The van der Waals surface area contributed by atoms with E-state index in [4.69, 9.17) is 5.73 Å². The smallest absolute Gasteiger partial charge is 0.335 e. The Morgan fingerprint density at radius 1 is 1.11 bits per heavy atom. The Labute approximate surface area is 163 Å². The fourth-order valence-electron chi connectivity index (χ4n) is 3.79. The fourth-order valence-corrected chi connectivity index (χ4v) is 3.79. The number of pyridine rings is 1. The van der Waals surface area contributed by atoms with E-state index >= 15 is 0 Å². The van der Waals surface area contributed by atoms with Crippen LogP contribution in [0.5, 0.6) is 0 Å². The van der Waals surface area contributed by atoms with Gasteiger partial charge in [0.15, 0.2) is 0 Å². The van der Waals surface area contributed by atoms with Gasteiger partial charge in [-0.2, -0.15) is 0 Å². The van der Waals surface area contributed by atoms with E-state index in [1.807, 2.05) is 31.2 Å². The number of hydrogen-bond donors (Lipinski definition) is 3. The highest BCUT2D eigenvalue weighted by Crippen LogP contribution is 2.35. The first-order valence-corrected chi connectivity index (χ1v) is 9.53. The third-order valence-corrected chi connectivity index (χ3v) is 5.17. The van der Waals surface area contributed by atoms with Gasteiger partial charge in [0.05, 0.1) is 16.8 Å². The van der Waals surface area contributed by atoms with Crippen molar-refractivity contribution in [2.75, 3.05) is 6.54 Å². The number of fused-ring (bicyclic) bond motifs is 2. The molecule has 0 radical (unpaired) electrons. The zero-order valence-corrected chi connectivity index (χ0v) is 15.8. The maximum absolute atomic E-state index is 11.5. The van der Waals surface area contributed by atoms with E-state index in [0.29, 0.717) is 12.1 Å². The Morgan fingerprint density at radius 2 is 1.96 bits per heavy atom. The third kappa shape index (κ3) is 3.25. The summed E-state index contributed by atoms with van der Waals surface area (Å²) in [6, 6.07) is 15.5. The van der Waals surface area contributed by atoms with Gasteiger partial charge in [-0.05, 0) is 68.6 Å². The van der Waals surface area contributed by atoms with Crippen molar-refractivity contribution < 1.29 is 9.90 Å². The normalized spacial score (nSPS) is 11.4. The van der Waals surface area contributed by atoms with Gasteiger partial charge in [-0.15, -0.1) is 0 Å². The molecule has 0 fully saturated rings. The third-order valence-electron chi connectivity index (χ3n) is 5.17. The number of aryl methyl sites for hydroxylation is 2. The lowest BCUT2D eigenvalue weighted by atomic mass is 9.97. The van der Waals surface area contributed by atoms with Crippen LogP contribution in [-0.4, -0.2) is 27.6 Å². The van der Waals surface area contributed by atoms with Gasteiger partial charge in [0.1, 0.15) is 0 Å². The minimum atomic E-state index is -0.914. The Bertz CT molecular complexity index is 1180. The molecule has 2 heterocycles. The molecule has 0 amide bonds. The maximum atomic E-state index is 11.5. The average molecular weight is 373 g/mol. The molecule has 0 saturated heterocycles. The number of nitrogens with two attached hydrogens (primary N) is 1. The zero-order chi connectivity index (χ0) is 19.7. The molecule has 4 aromatic rings. The summed E-state index contributed by atoms with van der Waals surface area (Å²) < 4.78 is 0. The Kier molecular flexibility index (Phi) is 4.84. The van der Waals surface area contributed by atoms with E-state index in [1.54, 1.807) is 12.1 Å². The van der Waals surface area contributed by atoms with Crippen molar-refractivity contribution in [3.05, 3.63) is 65.4 Å². The molecule has 4 N–H and O–H groups in total. The number of aromatic amines is 1. The summed E-state index contributed by atoms with van der Waals surface area (Å²) in [7, 11) is 0. The SMILES string of the molecule is Cc1ccc2c(-c3[nH]c4ccc(C(=O)O)cc4c3CCCCN)cccc2n1. The standard InChI is InChI=1S/C23H23N3O2/c1-14-8-10-16-17(6-4-7-20(16)25-14)22-18(5-2-3-12-24)19-13-15(23(27)28)9-11-21(19)26-22/h4,6-11,13,26H,2-3,5,12,24H2,1H3,(H,27,28). The van der Waals surface area contributed by atoms with Crippen LogP contribution in [0.25, 0.3) is 33.1 Å². The largest absolute Gasteiger partial charge is 0.478 e. The van der Waals surface area contributed by atoms with Crippen LogP contribution in [0.3, 0.4) is 0 Å². The molecular weight excluding hydrogens is 350 g/mol. The molecule has 142 valence electrons. The lowest BCUT2D eigenvalue weighted by Crippen LogP contribution is -2.00. The van der Waals surface area contributed by atoms with Gasteiger partial charge in [-0.1, -0.05) is 18.2 Å². The highest BCUT2D eigenvalue weighted by Gasteiger charge is 2.17. The van der Waals surface area contributed by atoms with Crippen molar-refractivity contribution in [2.24, 2.45) is 5.73 Å². The van der Waals surface area contributed by atoms with Gasteiger partial charge in [0.25, 0.3) is 0 Å². The first-order chi connectivity index (χ1) is 13.6. The van der Waals surface area contributed by atoms with Crippen molar-refractivity contribution in [3.63, 3.8) is 0 Å². The van der Waals surface area contributed by atoms with Gasteiger partial charge in [-0.25, -0.2) is 4.79 Å². The van der Waals surface area contributed by atoms with Crippen LogP contribution in [0.1, 0.15) is 34.5 Å². The maximum Gasteiger partial charge on any atom is 0.335 e. The summed E-state index contributed by atoms with van der Waals surface area (Å²) in [5.41, 5.74) is 12.1. The second kappa shape index (κ2) is 7.44. The van der Waals surface area contributed by atoms with Crippen molar-refractivity contribution >= 4 is 27.8 Å². The molecule has 2 aromatic carbocycles. The summed E-state index contributed by atoms with van der Waals surface area (Å²) in [6.07, 6.45) is 2.72. The van der Waals surface area contributed by atoms with Crippen molar-refractivity contribution in [1.82, 2.24) is 9.97 Å². The van der Waals surface area contributed by atoms with Crippen LogP contribution in [0.2, 0.25) is 0 Å². The van der Waals surface area contributed by atoms with Gasteiger partial charge in [0, 0.05) is 27.5 Å². The van der Waals surface area contributed by atoms with Crippen molar-refractivity contribution in [3.8, 4) is 11.3 Å². The first-order valence-electron chi connectivity index (χ1n) is 9.53. The molecule has 0 spiro atoms. The highest BCUT2D eigenvalue weighted by molar-refractivity contribution is 6.01. The minimum Gasteiger partial charge on any atom is -0.478 e. The number of H-pyrrole nitrogens is 1. The quantitative estimate of drug-likeness (QED) is 0.428. The number of aromatic carboxylic acids is 1. The molecule has 0 aliphatic carbocycles. The fraction of sp³-hybridized carbons (Fsp3) is 0.217. The number of nitrogens with zero attached hydrogens (tertiary/aromatic N) is 1. The number of carbonyl (C=O) groups is 1. The molecule has 4 rings (SSSR count). The van der Waals surface area contributed by atoms with Crippen LogP contribution >= 0.6 is 0 Å². The van der Waals surface area contributed by atoms with Gasteiger partial charge >= 0.3 is 5.97 Å². The van der Waals surface area contributed by atoms with Crippen LogP contribution in [0.15, 0.2) is 48.5 Å².